The Bertz CT molecular complexity index is 694. The summed E-state index contributed by atoms with van der Waals surface area (Å²) in [6.07, 6.45) is 3.57. The smallest absolute Gasteiger partial charge is 0.270 e. The monoisotopic (exact) mass is 329 g/mol. The van der Waals surface area contributed by atoms with E-state index in [1.807, 2.05) is 0 Å². The fourth-order valence-electron chi connectivity index (χ4n) is 2.46. The third-order valence-corrected chi connectivity index (χ3v) is 3.73. The zero-order valence-electron chi connectivity index (χ0n) is 13.2. The molecule has 2 N–H and O–H groups in total. The van der Waals surface area contributed by atoms with E-state index in [1.54, 1.807) is 36.6 Å². The van der Waals surface area contributed by atoms with E-state index >= 15 is 0 Å². The van der Waals surface area contributed by atoms with Crippen molar-refractivity contribution in [3.63, 3.8) is 0 Å². The Balaban J connectivity index is 1.56. The van der Waals surface area contributed by atoms with Gasteiger partial charge in [-0.15, -0.1) is 0 Å². The molecule has 0 aromatic carbocycles. The molecule has 0 saturated carbocycles. The molecule has 3 rings (SSSR count). The van der Waals surface area contributed by atoms with Crippen molar-refractivity contribution in [1.29, 1.82) is 0 Å². The molecule has 0 aliphatic carbocycles. The number of rotatable bonds is 6. The molecule has 0 spiro atoms. The van der Waals surface area contributed by atoms with E-state index in [9.17, 15) is 9.59 Å². The third kappa shape index (κ3) is 4.20. The number of nitrogens with one attached hydrogen (secondary N) is 2. The van der Waals surface area contributed by atoms with Crippen LogP contribution in [0.4, 0.5) is 0 Å². The first kappa shape index (κ1) is 16.2. The minimum absolute atomic E-state index is 0.0636. The van der Waals surface area contributed by atoms with Gasteiger partial charge in [-0.3, -0.25) is 9.59 Å². The molecule has 1 fully saturated rings. The lowest BCUT2D eigenvalue weighted by molar-refractivity contribution is 0.0853. The molecule has 2 aromatic heterocycles. The highest BCUT2D eigenvalue weighted by Crippen LogP contribution is 2.10. The summed E-state index contributed by atoms with van der Waals surface area (Å²) < 4.78 is 10.6. The molecule has 1 unspecified atom stereocenters. The third-order valence-electron chi connectivity index (χ3n) is 3.73. The van der Waals surface area contributed by atoms with E-state index < -0.39 is 0 Å². The molecule has 0 radical (unpaired) electrons. The van der Waals surface area contributed by atoms with Crippen molar-refractivity contribution in [2.24, 2.45) is 0 Å². The van der Waals surface area contributed by atoms with Crippen LogP contribution < -0.4 is 10.6 Å². The molecule has 1 atom stereocenters. The molecule has 1 saturated heterocycles. The van der Waals surface area contributed by atoms with Gasteiger partial charge in [0.05, 0.1) is 18.9 Å². The first-order chi connectivity index (χ1) is 11.7. The molecular weight excluding hydrogens is 310 g/mol. The average molecular weight is 329 g/mol. The molecule has 126 valence electrons. The Kier molecular flexibility index (Phi) is 5.22. The van der Waals surface area contributed by atoms with Gasteiger partial charge in [0.2, 0.25) is 0 Å². The zero-order valence-corrected chi connectivity index (χ0v) is 13.2. The summed E-state index contributed by atoms with van der Waals surface area (Å²) in [5, 5.41) is 5.49. The predicted octanol–water partition coefficient (Wildman–Crippen LogP) is 1.51. The number of hydrogen-bond acceptors (Lipinski definition) is 5. The molecule has 24 heavy (non-hydrogen) atoms. The van der Waals surface area contributed by atoms with Crippen LogP contribution in [0.15, 0.2) is 41.0 Å². The van der Waals surface area contributed by atoms with Crippen LogP contribution in [0.3, 0.4) is 0 Å². The van der Waals surface area contributed by atoms with E-state index in [2.05, 4.69) is 15.6 Å². The Labute approximate surface area is 139 Å². The second-order valence-electron chi connectivity index (χ2n) is 5.52. The first-order valence-electron chi connectivity index (χ1n) is 7.90. The number of furan rings is 1. The van der Waals surface area contributed by atoms with Crippen molar-refractivity contribution < 1.29 is 18.7 Å². The highest BCUT2D eigenvalue weighted by atomic mass is 16.5. The van der Waals surface area contributed by atoms with Gasteiger partial charge < -0.3 is 19.8 Å². The number of aromatic nitrogens is 1. The number of carbonyl (C=O) groups excluding carboxylic acids is 2. The largest absolute Gasteiger partial charge is 0.467 e. The normalized spacial score (nSPS) is 16.8. The second kappa shape index (κ2) is 7.74. The summed E-state index contributed by atoms with van der Waals surface area (Å²) in [6, 6.07) is 8.29. The number of nitrogens with zero attached hydrogens (tertiary/aromatic N) is 1. The first-order valence-corrected chi connectivity index (χ1v) is 7.90. The summed E-state index contributed by atoms with van der Waals surface area (Å²) >= 11 is 0. The molecule has 2 amide bonds. The van der Waals surface area contributed by atoms with Crippen LogP contribution in [0.1, 0.15) is 39.6 Å². The lowest BCUT2D eigenvalue weighted by atomic mass is 10.2. The van der Waals surface area contributed by atoms with Crippen molar-refractivity contribution >= 4 is 11.8 Å². The van der Waals surface area contributed by atoms with E-state index in [-0.39, 0.29) is 35.9 Å². The summed E-state index contributed by atoms with van der Waals surface area (Å²) in [7, 11) is 0. The number of amides is 2. The number of carbonyl (C=O) groups is 2. The van der Waals surface area contributed by atoms with Gasteiger partial charge in [0.15, 0.2) is 0 Å². The van der Waals surface area contributed by atoms with Gasteiger partial charge in [0, 0.05) is 13.2 Å². The highest BCUT2D eigenvalue weighted by Gasteiger charge is 2.18. The van der Waals surface area contributed by atoms with Gasteiger partial charge in [0.1, 0.15) is 17.1 Å². The van der Waals surface area contributed by atoms with Gasteiger partial charge >= 0.3 is 0 Å². The van der Waals surface area contributed by atoms with E-state index in [0.29, 0.717) is 12.3 Å². The van der Waals surface area contributed by atoms with Crippen LogP contribution in [0.2, 0.25) is 0 Å². The number of ether oxygens (including phenoxy) is 1. The molecule has 7 nitrogen and oxygen atoms in total. The van der Waals surface area contributed by atoms with Crippen LogP contribution in [0.25, 0.3) is 0 Å². The van der Waals surface area contributed by atoms with Crippen molar-refractivity contribution in [2.75, 3.05) is 13.2 Å². The Morgan fingerprint density at radius 1 is 1.12 bits per heavy atom. The summed E-state index contributed by atoms with van der Waals surface area (Å²) in [6.45, 7) is 1.46. The molecular formula is C17H19N3O4. The van der Waals surface area contributed by atoms with Gasteiger partial charge in [-0.25, -0.2) is 4.98 Å². The maximum Gasteiger partial charge on any atom is 0.270 e. The van der Waals surface area contributed by atoms with Crippen LogP contribution >= 0.6 is 0 Å². The van der Waals surface area contributed by atoms with E-state index in [1.165, 1.54) is 0 Å². The fourth-order valence-corrected chi connectivity index (χ4v) is 2.46. The van der Waals surface area contributed by atoms with Crippen molar-refractivity contribution in [3.8, 4) is 0 Å². The van der Waals surface area contributed by atoms with Gasteiger partial charge in [-0.2, -0.15) is 0 Å². The Morgan fingerprint density at radius 3 is 2.58 bits per heavy atom. The molecule has 3 heterocycles. The van der Waals surface area contributed by atoms with Gasteiger partial charge in [-0.1, -0.05) is 6.07 Å². The van der Waals surface area contributed by atoms with Crippen molar-refractivity contribution in [3.05, 3.63) is 53.7 Å². The average Bonchev–Trinajstić information content (AvgIpc) is 3.31. The van der Waals surface area contributed by atoms with Crippen LogP contribution in [0, 0.1) is 0 Å². The summed E-state index contributed by atoms with van der Waals surface area (Å²) in [4.78, 5) is 28.4. The standard InChI is InChI=1S/C17H19N3O4/c21-16(18-10-12-4-2-8-23-12)14-6-1-7-15(20-14)17(22)19-11-13-5-3-9-24-13/h1-2,4,6-8,13H,3,5,9-11H2,(H,18,21)(H,19,22). The van der Waals surface area contributed by atoms with Gasteiger partial charge in [-0.05, 0) is 37.1 Å². The second-order valence-corrected chi connectivity index (χ2v) is 5.52. The zero-order chi connectivity index (χ0) is 16.8. The predicted molar refractivity (Wildman–Crippen MR) is 85.4 cm³/mol. The molecule has 0 bridgehead atoms. The molecule has 1 aliphatic heterocycles. The van der Waals surface area contributed by atoms with Crippen LogP contribution in [0.5, 0.6) is 0 Å². The number of pyridine rings is 1. The lowest BCUT2D eigenvalue weighted by Crippen LogP contribution is -2.32. The lowest BCUT2D eigenvalue weighted by Gasteiger charge is -2.10. The Hall–Kier alpha value is -2.67. The summed E-state index contributed by atoms with van der Waals surface area (Å²) in [5.74, 6) is -0.0276. The Morgan fingerprint density at radius 2 is 1.92 bits per heavy atom. The van der Waals surface area contributed by atoms with Crippen LogP contribution in [-0.4, -0.2) is 36.1 Å². The maximum absolute atomic E-state index is 12.1. The topological polar surface area (TPSA) is 93.5 Å². The number of hydrogen-bond donors (Lipinski definition) is 2. The van der Waals surface area contributed by atoms with E-state index in [0.717, 1.165) is 19.4 Å². The van der Waals surface area contributed by atoms with Crippen molar-refractivity contribution in [2.45, 2.75) is 25.5 Å². The molecule has 7 heteroatoms. The highest BCUT2D eigenvalue weighted by molar-refractivity contribution is 5.96. The van der Waals surface area contributed by atoms with E-state index in [4.69, 9.17) is 9.15 Å². The maximum atomic E-state index is 12.1. The summed E-state index contributed by atoms with van der Waals surface area (Å²) in [5.41, 5.74) is 0.393. The SMILES string of the molecule is O=C(NCc1ccco1)c1cccc(C(=O)NCC2CCCO2)n1. The minimum Gasteiger partial charge on any atom is -0.467 e. The van der Waals surface area contributed by atoms with Crippen LogP contribution in [-0.2, 0) is 11.3 Å². The fraction of sp³-hybridized carbons (Fsp3) is 0.353. The molecule has 2 aromatic rings. The van der Waals surface area contributed by atoms with Gasteiger partial charge in [0.25, 0.3) is 11.8 Å². The molecule has 1 aliphatic rings. The quantitative estimate of drug-likeness (QED) is 0.838. The van der Waals surface area contributed by atoms with Crippen molar-refractivity contribution in [1.82, 2.24) is 15.6 Å². The minimum atomic E-state index is -0.361.